The van der Waals surface area contributed by atoms with Crippen molar-refractivity contribution in [2.45, 2.75) is 6.92 Å². The summed E-state index contributed by atoms with van der Waals surface area (Å²) in [5.41, 5.74) is 0. The van der Waals surface area contributed by atoms with Crippen LogP contribution in [0.3, 0.4) is 0 Å². The second kappa shape index (κ2) is 5.90. The number of rotatable bonds is 6. The van der Waals surface area contributed by atoms with E-state index in [0.29, 0.717) is 6.54 Å². The van der Waals surface area contributed by atoms with Crippen LogP contribution in [0.4, 0.5) is 0 Å². The number of hydrogen-bond acceptors (Lipinski definition) is 5. The number of hydrogen-bond donors (Lipinski definition) is 1. The highest BCUT2D eigenvalue weighted by Gasteiger charge is 1.95. The summed E-state index contributed by atoms with van der Waals surface area (Å²) in [5, 5.41) is 2.45. The second-order valence-electron chi connectivity index (χ2n) is 2.36. The molecule has 0 aromatic heterocycles. The lowest BCUT2D eigenvalue weighted by atomic mass is 10.6. The van der Waals surface area contributed by atoms with Gasteiger partial charge in [0.15, 0.2) is 0 Å². The average Bonchev–Trinajstić information content (AvgIpc) is 1.93. The molecule has 0 rings (SSSR count). The minimum absolute atomic E-state index is 0.134. The molecule has 0 spiro atoms. The molecule has 6 nitrogen and oxygen atoms in total. The van der Waals surface area contributed by atoms with Crippen LogP contribution in [0.5, 0.6) is 0 Å². The summed E-state index contributed by atoms with van der Waals surface area (Å²) in [6.45, 7) is 1.75. The SMILES string of the molecule is CC(=O)NCCOCCS(=O)(=O)[O-]. The lowest BCUT2D eigenvalue weighted by Crippen LogP contribution is -2.25. The largest absolute Gasteiger partial charge is 0.748 e. The van der Waals surface area contributed by atoms with Crippen molar-refractivity contribution in [2.24, 2.45) is 0 Å². The molecular weight excluding hydrogens is 198 g/mol. The zero-order chi connectivity index (χ0) is 10.3. The molecule has 0 aliphatic carbocycles. The molecule has 0 saturated carbocycles. The Morgan fingerprint density at radius 2 is 2.08 bits per heavy atom. The van der Waals surface area contributed by atoms with Gasteiger partial charge in [-0.05, 0) is 0 Å². The maximum atomic E-state index is 10.3. The van der Waals surface area contributed by atoms with Gasteiger partial charge in [0.25, 0.3) is 0 Å². The van der Waals surface area contributed by atoms with Gasteiger partial charge in [-0.3, -0.25) is 4.79 Å². The highest BCUT2D eigenvalue weighted by molar-refractivity contribution is 7.85. The van der Waals surface area contributed by atoms with Gasteiger partial charge in [0.05, 0.1) is 29.1 Å². The lowest BCUT2D eigenvalue weighted by Gasteiger charge is -2.07. The summed E-state index contributed by atoms with van der Waals surface area (Å²) >= 11 is 0. The quantitative estimate of drug-likeness (QED) is 0.433. The monoisotopic (exact) mass is 210 g/mol. The predicted molar refractivity (Wildman–Crippen MR) is 44.1 cm³/mol. The van der Waals surface area contributed by atoms with E-state index in [2.05, 4.69) is 5.32 Å². The Morgan fingerprint density at radius 1 is 1.46 bits per heavy atom. The maximum absolute atomic E-state index is 10.3. The van der Waals surface area contributed by atoms with Crippen LogP contribution in [-0.4, -0.2) is 44.4 Å². The standard InChI is InChI=1S/C6H13NO5S/c1-6(8)7-2-3-12-4-5-13(9,10)11/h2-5H2,1H3,(H,7,8)(H,9,10,11)/p-1. The molecule has 0 atom stereocenters. The molecule has 0 aliphatic heterocycles. The molecule has 1 amide bonds. The Balaban J connectivity index is 3.23. The molecule has 0 saturated heterocycles. The number of carbonyl (C=O) groups is 1. The van der Waals surface area contributed by atoms with Crippen LogP contribution in [0.2, 0.25) is 0 Å². The van der Waals surface area contributed by atoms with Gasteiger partial charge in [-0.2, -0.15) is 0 Å². The molecule has 13 heavy (non-hydrogen) atoms. The van der Waals surface area contributed by atoms with E-state index >= 15 is 0 Å². The molecule has 0 fully saturated rings. The highest BCUT2D eigenvalue weighted by atomic mass is 32.2. The minimum atomic E-state index is -4.19. The highest BCUT2D eigenvalue weighted by Crippen LogP contribution is 1.82. The fourth-order valence-corrected chi connectivity index (χ4v) is 0.884. The molecule has 0 aliphatic rings. The first-order valence-electron chi connectivity index (χ1n) is 3.67. The fourth-order valence-electron chi connectivity index (χ4n) is 0.562. The van der Waals surface area contributed by atoms with E-state index in [4.69, 9.17) is 4.74 Å². The molecule has 0 heterocycles. The average molecular weight is 210 g/mol. The lowest BCUT2D eigenvalue weighted by molar-refractivity contribution is -0.119. The van der Waals surface area contributed by atoms with Crippen LogP contribution >= 0.6 is 0 Å². The molecular formula is C6H12NO5S-. The van der Waals surface area contributed by atoms with Crippen LogP contribution < -0.4 is 5.32 Å². The van der Waals surface area contributed by atoms with E-state index in [1.807, 2.05) is 0 Å². The van der Waals surface area contributed by atoms with Gasteiger partial charge in [-0.1, -0.05) is 0 Å². The third kappa shape index (κ3) is 11.3. The molecule has 7 heteroatoms. The summed E-state index contributed by atoms with van der Waals surface area (Å²) < 4.78 is 35.0. The molecule has 0 unspecified atom stereocenters. The second-order valence-corrected chi connectivity index (χ2v) is 3.88. The summed E-state index contributed by atoms with van der Waals surface area (Å²) in [7, 11) is -4.19. The maximum Gasteiger partial charge on any atom is 0.216 e. The Bertz CT molecular complexity index is 248. The summed E-state index contributed by atoms with van der Waals surface area (Å²) in [4.78, 5) is 10.3. The summed E-state index contributed by atoms with van der Waals surface area (Å²) in [6, 6.07) is 0. The Hall–Kier alpha value is -0.660. The van der Waals surface area contributed by atoms with E-state index in [1.54, 1.807) is 0 Å². The van der Waals surface area contributed by atoms with Crippen molar-refractivity contribution in [3.05, 3.63) is 0 Å². The van der Waals surface area contributed by atoms with Crippen LogP contribution in [0.15, 0.2) is 0 Å². The van der Waals surface area contributed by atoms with Crippen molar-refractivity contribution in [1.82, 2.24) is 5.32 Å². The zero-order valence-corrected chi connectivity index (χ0v) is 8.09. The van der Waals surface area contributed by atoms with Crippen molar-refractivity contribution in [1.29, 1.82) is 0 Å². The summed E-state index contributed by atoms with van der Waals surface area (Å²) in [6.07, 6.45) is 0. The van der Waals surface area contributed by atoms with Crippen LogP contribution in [-0.2, 0) is 19.6 Å². The van der Waals surface area contributed by atoms with Gasteiger partial charge in [0.1, 0.15) is 0 Å². The van der Waals surface area contributed by atoms with Crippen LogP contribution in [0, 0.1) is 0 Å². The van der Waals surface area contributed by atoms with Gasteiger partial charge in [-0.15, -0.1) is 0 Å². The van der Waals surface area contributed by atoms with Crippen molar-refractivity contribution in [3.63, 3.8) is 0 Å². The van der Waals surface area contributed by atoms with Crippen molar-refractivity contribution in [2.75, 3.05) is 25.5 Å². The van der Waals surface area contributed by atoms with E-state index in [1.165, 1.54) is 6.92 Å². The first-order chi connectivity index (χ1) is 5.92. The Morgan fingerprint density at radius 3 is 2.54 bits per heavy atom. The topological polar surface area (TPSA) is 95.5 Å². The van der Waals surface area contributed by atoms with Gasteiger partial charge >= 0.3 is 0 Å². The number of carbonyl (C=O) groups excluding carboxylic acids is 1. The van der Waals surface area contributed by atoms with Gasteiger partial charge in [-0.25, -0.2) is 8.42 Å². The predicted octanol–water partition coefficient (Wildman–Crippen LogP) is -1.32. The van der Waals surface area contributed by atoms with E-state index < -0.39 is 15.9 Å². The van der Waals surface area contributed by atoms with Gasteiger partial charge < -0.3 is 14.6 Å². The molecule has 0 aromatic carbocycles. The zero-order valence-electron chi connectivity index (χ0n) is 7.28. The third-order valence-corrected chi connectivity index (χ3v) is 1.76. The van der Waals surface area contributed by atoms with E-state index in [9.17, 15) is 17.8 Å². The number of amides is 1. The van der Waals surface area contributed by atoms with Crippen molar-refractivity contribution in [3.8, 4) is 0 Å². The van der Waals surface area contributed by atoms with Gasteiger partial charge in [0, 0.05) is 13.5 Å². The van der Waals surface area contributed by atoms with Crippen molar-refractivity contribution < 1.29 is 22.5 Å². The number of nitrogens with one attached hydrogen (secondary N) is 1. The first-order valence-corrected chi connectivity index (χ1v) is 5.25. The van der Waals surface area contributed by atoms with Crippen LogP contribution in [0.1, 0.15) is 6.92 Å². The molecule has 78 valence electrons. The molecule has 0 radical (unpaired) electrons. The normalized spacial score (nSPS) is 11.2. The minimum Gasteiger partial charge on any atom is -0.748 e. The Kier molecular flexibility index (Phi) is 5.60. The third-order valence-electron chi connectivity index (χ3n) is 1.10. The van der Waals surface area contributed by atoms with Crippen LogP contribution in [0.25, 0.3) is 0 Å². The first kappa shape index (κ1) is 12.3. The smallest absolute Gasteiger partial charge is 0.216 e. The number of ether oxygens (including phenoxy) is 1. The molecule has 0 aromatic rings. The summed E-state index contributed by atoms with van der Waals surface area (Å²) in [5.74, 6) is -0.715. The van der Waals surface area contributed by atoms with Crippen molar-refractivity contribution >= 4 is 16.0 Å². The molecule has 1 N–H and O–H groups in total. The fraction of sp³-hybridized carbons (Fsp3) is 0.833. The Labute approximate surface area is 77.0 Å². The van der Waals surface area contributed by atoms with E-state index in [0.717, 1.165) is 0 Å². The van der Waals surface area contributed by atoms with Gasteiger partial charge in [0.2, 0.25) is 5.91 Å². The van der Waals surface area contributed by atoms with E-state index in [-0.39, 0.29) is 19.1 Å². The molecule has 0 bridgehead atoms.